The minimum absolute atomic E-state index is 0.308. The number of carboxylic acid groups (broad SMARTS) is 1. The molecule has 1 aliphatic carbocycles. The number of halogens is 1. The number of carboxylic acids is 1. The maximum absolute atomic E-state index is 11.0. The van der Waals surface area contributed by atoms with Gasteiger partial charge in [-0.15, -0.1) is 0 Å². The lowest BCUT2D eigenvalue weighted by molar-refractivity contribution is -0.141. The first-order chi connectivity index (χ1) is 8.47. The molecule has 1 aromatic rings. The Kier molecular flexibility index (Phi) is 3.95. The summed E-state index contributed by atoms with van der Waals surface area (Å²) in [6.07, 6.45) is 2.99. The van der Waals surface area contributed by atoms with Crippen molar-refractivity contribution in [3.05, 3.63) is 27.7 Å². The zero-order chi connectivity index (χ0) is 13.3. The second-order valence-electron chi connectivity index (χ2n) is 5.00. The van der Waals surface area contributed by atoms with E-state index in [4.69, 9.17) is 9.84 Å². The van der Waals surface area contributed by atoms with Crippen LogP contribution in [0.2, 0.25) is 0 Å². The van der Waals surface area contributed by atoms with E-state index in [2.05, 4.69) is 15.9 Å². The Labute approximate surface area is 115 Å². The predicted octanol–water partition coefficient (Wildman–Crippen LogP) is 3.56. The highest BCUT2D eigenvalue weighted by Crippen LogP contribution is 2.37. The van der Waals surface area contributed by atoms with E-state index < -0.39 is 11.9 Å². The number of carbonyl (C=O) groups is 1. The summed E-state index contributed by atoms with van der Waals surface area (Å²) in [5, 5.41) is 9.01. The van der Waals surface area contributed by atoms with Crippen molar-refractivity contribution in [2.75, 3.05) is 0 Å². The standard InChI is InChI=1S/C14H17BrO3/c1-8-5-10(7-9(2)14(16)17)13(12(15)6-8)18-11-3-4-11/h5-6,9,11H,3-4,7H2,1-2H3,(H,16,17). The largest absolute Gasteiger partial charge is 0.489 e. The van der Waals surface area contributed by atoms with Crippen LogP contribution in [-0.4, -0.2) is 17.2 Å². The monoisotopic (exact) mass is 312 g/mol. The number of rotatable bonds is 5. The van der Waals surface area contributed by atoms with Crippen LogP contribution in [-0.2, 0) is 11.2 Å². The highest BCUT2D eigenvalue weighted by atomic mass is 79.9. The molecule has 0 amide bonds. The van der Waals surface area contributed by atoms with Crippen molar-refractivity contribution in [1.29, 1.82) is 0 Å². The topological polar surface area (TPSA) is 46.5 Å². The Morgan fingerprint density at radius 1 is 1.56 bits per heavy atom. The summed E-state index contributed by atoms with van der Waals surface area (Å²) < 4.78 is 6.80. The molecule has 1 aliphatic rings. The zero-order valence-electron chi connectivity index (χ0n) is 10.6. The summed E-state index contributed by atoms with van der Waals surface area (Å²) in [5.74, 6) is -0.360. The van der Waals surface area contributed by atoms with Gasteiger partial charge in [-0.3, -0.25) is 4.79 Å². The molecule has 0 spiro atoms. The van der Waals surface area contributed by atoms with Crippen molar-refractivity contribution >= 4 is 21.9 Å². The first kappa shape index (κ1) is 13.4. The van der Waals surface area contributed by atoms with E-state index in [0.29, 0.717) is 12.5 Å². The molecule has 0 saturated heterocycles. The van der Waals surface area contributed by atoms with Gasteiger partial charge in [0.1, 0.15) is 5.75 Å². The van der Waals surface area contributed by atoms with Crippen LogP contribution in [0, 0.1) is 12.8 Å². The third-order valence-electron chi connectivity index (χ3n) is 3.02. The van der Waals surface area contributed by atoms with Gasteiger partial charge < -0.3 is 9.84 Å². The minimum atomic E-state index is -0.773. The molecule has 3 nitrogen and oxygen atoms in total. The van der Waals surface area contributed by atoms with Gasteiger partial charge in [0.05, 0.1) is 16.5 Å². The highest BCUT2D eigenvalue weighted by Gasteiger charge is 2.26. The van der Waals surface area contributed by atoms with E-state index in [9.17, 15) is 4.79 Å². The number of hydrogen-bond donors (Lipinski definition) is 1. The quantitative estimate of drug-likeness (QED) is 0.904. The van der Waals surface area contributed by atoms with E-state index in [0.717, 1.165) is 34.2 Å². The van der Waals surface area contributed by atoms with Crippen molar-refractivity contribution in [1.82, 2.24) is 0 Å². The average Bonchev–Trinajstić information content (AvgIpc) is 3.06. The summed E-state index contributed by atoms with van der Waals surface area (Å²) in [5.41, 5.74) is 2.08. The highest BCUT2D eigenvalue weighted by molar-refractivity contribution is 9.10. The maximum atomic E-state index is 11.0. The average molecular weight is 313 g/mol. The van der Waals surface area contributed by atoms with Gasteiger partial charge in [-0.1, -0.05) is 13.0 Å². The second kappa shape index (κ2) is 5.31. The van der Waals surface area contributed by atoms with Crippen molar-refractivity contribution in [2.24, 2.45) is 5.92 Å². The van der Waals surface area contributed by atoms with E-state index in [1.165, 1.54) is 0 Å². The van der Waals surface area contributed by atoms with Crippen LogP contribution in [0.15, 0.2) is 16.6 Å². The Bertz CT molecular complexity index is 466. The fraction of sp³-hybridized carbons (Fsp3) is 0.500. The van der Waals surface area contributed by atoms with Crippen molar-refractivity contribution in [3.8, 4) is 5.75 Å². The Morgan fingerprint density at radius 2 is 2.22 bits per heavy atom. The Hall–Kier alpha value is -1.03. The number of aryl methyl sites for hydroxylation is 1. The molecule has 1 fully saturated rings. The van der Waals surface area contributed by atoms with Crippen LogP contribution in [0.25, 0.3) is 0 Å². The first-order valence-electron chi connectivity index (χ1n) is 6.16. The lowest BCUT2D eigenvalue weighted by Crippen LogP contribution is -2.13. The fourth-order valence-corrected chi connectivity index (χ4v) is 2.56. The number of benzene rings is 1. The first-order valence-corrected chi connectivity index (χ1v) is 6.95. The van der Waals surface area contributed by atoms with Gasteiger partial charge in [-0.25, -0.2) is 0 Å². The second-order valence-corrected chi connectivity index (χ2v) is 5.85. The van der Waals surface area contributed by atoms with Crippen LogP contribution >= 0.6 is 15.9 Å². The molecule has 1 saturated carbocycles. The van der Waals surface area contributed by atoms with Gasteiger partial charge in [0.2, 0.25) is 0 Å². The number of ether oxygens (including phenoxy) is 1. The van der Waals surface area contributed by atoms with Gasteiger partial charge in [0.15, 0.2) is 0 Å². The summed E-state index contributed by atoms with van der Waals surface area (Å²) >= 11 is 3.51. The molecular weight excluding hydrogens is 296 g/mol. The third kappa shape index (κ3) is 3.25. The minimum Gasteiger partial charge on any atom is -0.489 e. The molecule has 1 unspecified atom stereocenters. The molecule has 0 heterocycles. The molecule has 1 atom stereocenters. The Balaban J connectivity index is 2.27. The summed E-state index contributed by atoms with van der Waals surface area (Å²) in [6.45, 7) is 3.72. The number of hydrogen-bond acceptors (Lipinski definition) is 2. The molecule has 0 aromatic heterocycles. The Morgan fingerprint density at radius 3 is 2.78 bits per heavy atom. The van der Waals surface area contributed by atoms with Crippen LogP contribution in [0.1, 0.15) is 30.9 Å². The summed E-state index contributed by atoms with van der Waals surface area (Å²) in [4.78, 5) is 11.0. The van der Waals surface area contributed by atoms with E-state index in [-0.39, 0.29) is 0 Å². The predicted molar refractivity (Wildman–Crippen MR) is 73.0 cm³/mol. The molecule has 4 heteroatoms. The molecule has 18 heavy (non-hydrogen) atoms. The summed E-state index contributed by atoms with van der Waals surface area (Å²) in [7, 11) is 0. The zero-order valence-corrected chi connectivity index (χ0v) is 12.2. The van der Waals surface area contributed by atoms with Crippen LogP contribution in [0.3, 0.4) is 0 Å². The molecule has 0 aliphatic heterocycles. The van der Waals surface area contributed by atoms with Gasteiger partial charge >= 0.3 is 5.97 Å². The molecule has 0 bridgehead atoms. The lowest BCUT2D eigenvalue weighted by Gasteiger charge is -2.15. The van der Waals surface area contributed by atoms with Crippen LogP contribution in [0.4, 0.5) is 0 Å². The van der Waals surface area contributed by atoms with Gasteiger partial charge in [0, 0.05) is 0 Å². The van der Waals surface area contributed by atoms with Gasteiger partial charge in [-0.05, 0) is 59.3 Å². The van der Waals surface area contributed by atoms with Crippen molar-refractivity contribution in [3.63, 3.8) is 0 Å². The molecule has 0 radical (unpaired) electrons. The maximum Gasteiger partial charge on any atom is 0.306 e. The lowest BCUT2D eigenvalue weighted by atomic mass is 9.99. The molecule has 2 rings (SSSR count). The SMILES string of the molecule is Cc1cc(Br)c(OC2CC2)c(CC(C)C(=O)O)c1. The van der Waals surface area contributed by atoms with E-state index in [1.807, 2.05) is 19.1 Å². The van der Waals surface area contributed by atoms with E-state index in [1.54, 1.807) is 6.92 Å². The summed E-state index contributed by atoms with van der Waals surface area (Å²) in [6, 6.07) is 4.02. The van der Waals surface area contributed by atoms with Crippen molar-refractivity contribution in [2.45, 2.75) is 39.2 Å². The van der Waals surface area contributed by atoms with Gasteiger partial charge in [0.25, 0.3) is 0 Å². The van der Waals surface area contributed by atoms with Gasteiger partial charge in [-0.2, -0.15) is 0 Å². The third-order valence-corrected chi connectivity index (χ3v) is 3.61. The molecule has 98 valence electrons. The van der Waals surface area contributed by atoms with Crippen molar-refractivity contribution < 1.29 is 14.6 Å². The van der Waals surface area contributed by atoms with E-state index >= 15 is 0 Å². The van der Waals surface area contributed by atoms with Crippen LogP contribution < -0.4 is 4.74 Å². The normalized spacial score (nSPS) is 16.4. The number of aliphatic carboxylic acids is 1. The van der Waals surface area contributed by atoms with Crippen LogP contribution in [0.5, 0.6) is 5.75 Å². The molecule has 1 N–H and O–H groups in total. The molecule has 1 aromatic carbocycles. The molecular formula is C14H17BrO3. The smallest absolute Gasteiger partial charge is 0.306 e. The fourth-order valence-electron chi connectivity index (χ4n) is 1.85.